The summed E-state index contributed by atoms with van der Waals surface area (Å²) in [5, 5.41) is 7.48. The minimum atomic E-state index is -0.272. The van der Waals surface area contributed by atoms with E-state index >= 15 is 0 Å². The molecule has 4 aliphatic rings. The van der Waals surface area contributed by atoms with Crippen molar-refractivity contribution >= 4 is 113 Å². The lowest BCUT2D eigenvalue weighted by Gasteiger charge is -2.43. The zero-order valence-corrected chi connectivity index (χ0v) is 70.1. The predicted octanol–water partition coefficient (Wildman–Crippen LogP) is 29.1. The minimum absolute atomic E-state index is 0.272. The van der Waals surface area contributed by atoms with Crippen LogP contribution >= 0.6 is 0 Å². The third kappa shape index (κ3) is 11.6. The first-order valence-electron chi connectivity index (χ1n) is 44.7. The number of benzene rings is 22. The van der Waals surface area contributed by atoms with E-state index in [0.717, 1.165) is 134 Å². The van der Waals surface area contributed by atoms with Crippen LogP contribution in [0.25, 0.3) is 188 Å². The van der Waals surface area contributed by atoms with Gasteiger partial charge in [0.1, 0.15) is 0 Å². The van der Waals surface area contributed by atoms with E-state index in [0.29, 0.717) is 0 Å². The molecule has 590 valence electrons. The van der Waals surface area contributed by atoms with E-state index in [-0.39, 0.29) is 13.4 Å². The Labute approximate surface area is 746 Å². The summed E-state index contributed by atoms with van der Waals surface area (Å²) in [6.45, 7) is -0.543. The van der Waals surface area contributed by atoms with Crippen LogP contribution < -0.4 is 42.6 Å². The maximum atomic E-state index is 2.76. The van der Waals surface area contributed by atoms with Crippen LogP contribution in [0.4, 0.5) is 34.1 Å². The molecular formula is C124H78B2N2. The fraction of sp³-hybridized carbons (Fsp3) is 0. The summed E-state index contributed by atoms with van der Waals surface area (Å²) < 4.78 is 0. The monoisotopic (exact) mass is 1620 g/mol. The van der Waals surface area contributed by atoms with Crippen LogP contribution in [-0.4, -0.2) is 13.4 Å². The molecule has 22 aromatic carbocycles. The maximum Gasteiger partial charge on any atom is 0.248 e. The zero-order valence-electron chi connectivity index (χ0n) is 70.1. The second-order valence-corrected chi connectivity index (χ2v) is 34.7. The molecule has 0 spiro atoms. The summed E-state index contributed by atoms with van der Waals surface area (Å²) in [5.74, 6) is 0. The van der Waals surface area contributed by atoms with Crippen LogP contribution in [0.5, 0.6) is 0 Å². The molecule has 0 atom stereocenters. The third-order valence-corrected chi connectivity index (χ3v) is 27.7. The van der Waals surface area contributed by atoms with Gasteiger partial charge in [0.05, 0.1) is 0 Å². The van der Waals surface area contributed by atoms with E-state index in [1.807, 2.05) is 0 Å². The van der Waals surface area contributed by atoms with Crippen molar-refractivity contribution < 1.29 is 0 Å². The highest BCUT2D eigenvalue weighted by atomic mass is 15.2. The fourth-order valence-corrected chi connectivity index (χ4v) is 22.2. The van der Waals surface area contributed by atoms with Crippen molar-refractivity contribution in [1.29, 1.82) is 0 Å². The molecule has 0 bridgehead atoms. The Morgan fingerprint density at radius 1 is 0.141 bits per heavy atom. The van der Waals surface area contributed by atoms with E-state index in [2.05, 4.69) is 483 Å². The first kappa shape index (κ1) is 73.2. The largest absolute Gasteiger partial charge is 0.311 e. The molecule has 0 saturated heterocycles. The predicted molar refractivity (Wildman–Crippen MR) is 545 cm³/mol. The SMILES string of the molecule is c1ccc(-c2cc(-c3ccccc3)c(-c3cc4c5c(cc6c(-c7c(-c8ccccc8)cc(-c8ccccc8)cc7-c7ccccc7)cc7c8c(cc3c5c68)B3c5ccc(-c6ccccc6)cc5N(c5ccccc5)c5cc(-c6ccccc6)cc-7c53)B3c5ccc(-c6ccccc6)cc5N(c5ccccc5)c5cc(-c6ccccc6)cc-4c53)c(-c3ccccc3)c2)cc1. The number of hydrogen-bond acceptors (Lipinski definition) is 2. The Hall–Kier alpha value is -16.4. The van der Waals surface area contributed by atoms with Crippen LogP contribution in [0, 0.1) is 0 Å². The molecule has 0 aromatic heterocycles. The lowest BCUT2D eigenvalue weighted by molar-refractivity contribution is 1.29. The standard InChI is InChI=1S/C124H78B2N2/c1-13-37-79(38-14-1)89-61-63-109-113(71-89)127(95-57-33-11-34-58-95)115-73-93(83-45-21-5-22-46-83)69-107-103-75-102(118-99(87-53-29-9-30-54-87)67-92(82-43-19-4-20-44-82)68-100(118)88-55-31-10-32-56-88)106-78-112-120-104(108-70-94(84-47-23-6-24-48-84)74-116-124(108)126(112)110-64-62-90(80-39-15-2-16-40-80)72-114(110)128(116)96-59-35-12-36-60-96)76-101(105-77-111(125(109)123(107)115)119(103)121(106)122(105)120)117-97(85-49-25-7-26-50-85)65-91(81-41-17-3-18-42-81)66-98(117)86-51-27-8-28-52-86/h1-78H. The summed E-state index contributed by atoms with van der Waals surface area (Å²) in [5.41, 5.74) is 47.1. The van der Waals surface area contributed by atoms with Crippen LogP contribution in [0.15, 0.2) is 473 Å². The van der Waals surface area contributed by atoms with Gasteiger partial charge in [0.2, 0.25) is 13.4 Å². The fourth-order valence-electron chi connectivity index (χ4n) is 22.2. The summed E-state index contributed by atoms with van der Waals surface area (Å²) in [4.78, 5) is 5.22. The van der Waals surface area contributed by atoms with Gasteiger partial charge in [0.15, 0.2) is 0 Å². The molecule has 0 radical (unpaired) electrons. The Balaban J connectivity index is 0.919. The Bertz CT molecular complexity index is 7560. The van der Waals surface area contributed by atoms with Crippen molar-refractivity contribution in [3.63, 3.8) is 0 Å². The van der Waals surface area contributed by atoms with Gasteiger partial charge in [-0.25, -0.2) is 0 Å². The number of rotatable bonds is 14. The number of anilines is 6. The van der Waals surface area contributed by atoms with Gasteiger partial charge in [-0.05, 0) is 307 Å². The highest BCUT2D eigenvalue weighted by Crippen LogP contribution is 2.58. The summed E-state index contributed by atoms with van der Waals surface area (Å²) in [6, 6.07) is 180. The first-order valence-corrected chi connectivity index (χ1v) is 44.7. The van der Waals surface area contributed by atoms with Crippen molar-refractivity contribution in [2.45, 2.75) is 0 Å². The van der Waals surface area contributed by atoms with Gasteiger partial charge in [-0.3, -0.25) is 0 Å². The molecule has 0 N–H and O–H groups in total. The van der Waals surface area contributed by atoms with Gasteiger partial charge >= 0.3 is 0 Å². The zero-order chi connectivity index (χ0) is 84.0. The third-order valence-electron chi connectivity index (χ3n) is 27.7. The van der Waals surface area contributed by atoms with E-state index in [4.69, 9.17) is 0 Å². The van der Waals surface area contributed by atoms with E-state index in [1.54, 1.807) is 0 Å². The smallest absolute Gasteiger partial charge is 0.248 e. The van der Waals surface area contributed by atoms with Crippen LogP contribution in [0.1, 0.15) is 0 Å². The summed E-state index contributed by atoms with van der Waals surface area (Å²) in [7, 11) is 0. The topological polar surface area (TPSA) is 6.48 Å². The Kier molecular flexibility index (Phi) is 17.0. The second-order valence-electron chi connectivity index (χ2n) is 34.7. The van der Waals surface area contributed by atoms with Crippen molar-refractivity contribution in [3.05, 3.63) is 473 Å². The van der Waals surface area contributed by atoms with Crippen LogP contribution in [-0.2, 0) is 0 Å². The van der Waals surface area contributed by atoms with Gasteiger partial charge in [0, 0.05) is 34.1 Å². The van der Waals surface area contributed by atoms with Crippen molar-refractivity contribution in [1.82, 2.24) is 0 Å². The van der Waals surface area contributed by atoms with Gasteiger partial charge in [-0.15, -0.1) is 0 Å². The van der Waals surface area contributed by atoms with Gasteiger partial charge in [-0.1, -0.05) is 387 Å². The molecule has 4 aliphatic heterocycles. The molecule has 4 heteroatoms. The number of hydrogen-bond donors (Lipinski definition) is 0. The van der Waals surface area contributed by atoms with Gasteiger partial charge < -0.3 is 9.80 Å². The molecule has 2 nitrogen and oxygen atoms in total. The van der Waals surface area contributed by atoms with Gasteiger partial charge in [-0.2, -0.15) is 0 Å². The summed E-state index contributed by atoms with van der Waals surface area (Å²) >= 11 is 0. The van der Waals surface area contributed by atoms with E-state index in [1.165, 1.54) is 121 Å². The average molecular weight is 1620 g/mol. The van der Waals surface area contributed by atoms with E-state index in [9.17, 15) is 0 Å². The molecule has 0 saturated carbocycles. The van der Waals surface area contributed by atoms with Crippen LogP contribution in [0.3, 0.4) is 0 Å². The number of nitrogens with zero attached hydrogens (tertiary/aromatic N) is 2. The van der Waals surface area contributed by atoms with Crippen LogP contribution in [0.2, 0.25) is 0 Å². The number of para-hydroxylation sites is 2. The minimum Gasteiger partial charge on any atom is -0.311 e. The average Bonchev–Trinajstić information content (AvgIpc) is 0.656. The molecule has 0 aliphatic carbocycles. The molecule has 128 heavy (non-hydrogen) atoms. The quantitative estimate of drug-likeness (QED) is 0.0791. The molecule has 4 heterocycles. The summed E-state index contributed by atoms with van der Waals surface area (Å²) in [6.07, 6.45) is 0. The molecule has 0 fully saturated rings. The lowest BCUT2D eigenvalue weighted by atomic mass is 9.31. The lowest BCUT2D eigenvalue weighted by Crippen LogP contribution is -2.60. The normalized spacial score (nSPS) is 12.5. The van der Waals surface area contributed by atoms with Crippen molar-refractivity contribution in [3.8, 4) is 156 Å². The molecule has 0 unspecified atom stereocenters. The molecule has 26 rings (SSSR count). The molecule has 22 aromatic rings. The highest BCUT2D eigenvalue weighted by Gasteiger charge is 2.47. The molecular weight excluding hydrogens is 1540 g/mol. The highest BCUT2D eigenvalue weighted by molar-refractivity contribution is 7.02. The van der Waals surface area contributed by atoms with Crippen molar-refractivity contribution in [2.75, 3.05) is 9.80 Å². The second kappa shape index (κ2) is 29.7. The first-order chi connectivity index (χ1) is 63.5. The number of fused-ring (bicyclic) bond motifs is 8. The Morgan fingerprint density at radius 2 is 0.375 bits per heavy atom. The Morgan fingerprint density at radius 3 is 0.656 bits per heavy atom. The van der Waals surface area contributed by atoms with E-state index < -0.39 is 0 Å². The van der Waals surface area contributed by atoms with Crippen molar-refractivity contribution in [2.24, 2.45) is 0 Å². The van der Waals surface area contributed by atoms with Gasteiger partial charge in [0.25, 0.3) is 0 Å². The molecule has 0 amide bonds. The maximum absolute atomic E-state index is 2.76.